The normalized spacial score (nSPS) is 13.5. The first-order valence-corrected chi connectivity index (χ1v) is 8.24. The van der Waals surface area contributed by atoms with E-state index in [0.29, 0.717) is 0 Å². The van der Waals surface area contributed by atoms with Crippen LogP contribution in [0.4, 0.5) is 5.69 Å². The van der Waals surface area contributed by atoms with Crippen LogP contribution in [0.15, 0.2) is 48.5 Å². The molecule has 0 aliphatic heterocycles. The summed E-state index contributed by atoms with van der Waals surface area (Å²) in [7, 11) is 0. The van der Waals surface area contributed by atoms with Crippen molar-refractivity contribution >= 4 is 5.69 Å². The first-order valence-electron chi connectivity index (χ1n) is 8.24. The van der Waals surface area contributed by atoms with Gasteiger partial charge >= 0.3 is 0 Å². The van der Waals surface area contributed by atoms with Gasteiger partial charge in [-0.1, -0.05) is 43.3 Å². The number of rotatable bonds is 5. The zero-order chi connectivity index (χ0) is 17.2. The maximum Gasteiger partial charge on any atom is 0.181 e. The zero-order valence-electron chi connectivity index (χ0n) is 14.6. The van der Waals surface area contributed by atoms with Gasteiger partial charge in [0.05, 0.1) is 11.2 Å². The van der Waals surface area contributed by atoms with Gasteiger partial charge in [-0.2, -0.15) is 4.68 Å². The number of hydrogen-bond donors (Lipinski definition) is 1. The molecule has 0 bridgehead atoms. The Hall–Kier alpha value is -2.69. The van der Waals surface area contributed by atoms with E-state index in [4.69, 9.17) is 0 Å². The molecule has 3 rings (SSSR count). The van der Waals surface area contributed by atoms with Crippen LogP contribution in [0.5, 0.6) is 0 Å². The molecule has 0 radical (unpaired) electrons. The van der Waals surface area contributed by atoms with Crippen LogP contribution in [0, 0.1) is 13.8 Å². The molecule has 0 saturated carbocycles. The Bertz CT molecular complexity index is 805. The minimum absolute atomic E-state index is 0.375. The number of hydrogen-bond acceptors (Lipinski definition) is 4. The Balaban J connectivity index is 2.08. The van der Waals surface area contributed by atoms with Crippen molar-refractivity contribution in [1.29, 1.82) is 0 Å². The molecule has 0 aliphatic carbocycles. The van der Waals surface area contributed by atoms with E-state index >= 15 is 0 Å². The fourth-order valence-electron chi connectivity index (χ4n) is 2.96. The van der Waals surface area contributed by atoms with Crippen molar-refractivity contribution in [1.82, 2.24) is 20.2 Å². The number of tetrazole rings is 1. The monoisotopic (exact) mass is 321 g/mol. The van der Waals surface area contributed by atoms with Crippen molar-refractivity contribution in [2.75, 3.05) is 5.32 Å². The Kier molecular flexibility index (Phi) is 4.34. The van der Waals surface area contributed by atoms with Crippen molar-refractivity contribution in [3.05, 3.63) is 65.5 Å². The van der Waals surface area contributed by atoms with Crippen molar-refractivity contribution < 1.29 is 0 Å². The first-order chi connectivity index (χ1) is 11.5. The van der Waals surface area contributed by atoms with E-state index in [9.17, 15) is 0 Å². The molecule has 1 heterocycles. The molecular formula is C19H23N5. The molecule has 0 aliphatic rings. The molecule has 2 aromatic carbocycles. The summed E-state index contributed by atoms with van der Waals surface area (Å²) in [5.74, 6) is 0.811. The van der Waals surface area contributed by atoms with E-state index in [2.05, 4.69) is 78.9 Å². The van der Waals surface area contributed by atoms with Crippen molar-refractivity contribution in [3.8, 4) is 5.69 Å². The third-order valence-corrected chi connectivity index (χ3v) is 4.52. The second-order valence-corrected chi connectivity index (χ2v) is 6.33. The van der Waals surface area contributed by atoms with Gasteiger partial charge in [-0.25, -0.2) is 0 Å². The Morgan fingerprint density at radius 3 is 2.29 bits per heavy atom. The molecule has 3 aromatic rings. The fourth-order valence-corrected chi connectivity index (χ4v) is 2.96. The third kappa shape index (κ3) is 2.89. The minimum Gasteiger partial charge on any atom is -0.373 e. The van der Waals surface area contributed by atoms with Crippen LogP contribution < -0.4 is 5.32 Å². The quantitative estimate of drug-likeness (QED) is 0.771. The number of aromatic nitrogens is 4. The third-order valence-electron chi connectivity index (χ3n) is 4.52. The van der Waals surface area contributed by atoms with Crippen molar-refractivity contribution in [2.45, 2.75) is 39.7 Å². The zero-order valence-corrected chi connectivity index (χ0v) is 14.6. The minimum atomic E-state index is -0.375. The molecular weight excluding hydrogens is 298 g/mol. The number of aryl methyl sites for hydroxylation is 2. The molecule has 1 N–H and O–H groups in total. The van der Waals surface area contributed by atoms with E-state index in [1.807, 2.05) is 22.9 Å². The average molecular weight is 321 g/mol. The summed E-state index contributed by atoms with van der Waals surface area (Å²) in [6.45, 7) is 8.44. The summed E-state index contributed by atoms with van der Waals surface area (Å²) >= 11 is 0. The summed E-state index contributed by atoms with van der Waals surface area (Å²) in [5, 5.41) is 16.2. The predicted molar refractivity (Wildman–Crippen MR) is 96.3 cm³/mol. The molecule has 0 fully saturated rings. The van der Waals surface area contributed by atoms with Crippen molar-refractivity contribution in [2.24, 2.45) is 0 Å². The van der Waals surface area contributed by atoms with Crippen LogP contribution in [0.3, 0.4) is 0 Å². The number of nitrogens with one attached hydrogen (secondary N) is 1. The molecule has 0 unspecified atom stereocenters. The molecule has 124 valence electrons. The van der Waals surface area contributed by atoms with Gasteiger partial charge in [-0.05, 0) is 60.9 Å². The first kappa shape index (κ1) is 16.2. The lowest BCUT2D eigenvalue weighted by Gasteiger charge is -2.30. The molecule has 5 heteroatoms. The van der Waals surface area contributed by atoms with E-state index in [0.717, 1.165) is 34.7 Å². The van der Waals surface area contributed by atoms with Crippen LogP contribution in [-0.4, -0.2) is 20.2 Å². The van der Waals surface area contributed by atoms with Crippen LogP contribution in [-0.2, 0) is 5.54 Å². The SMILES string of the molecule is CC[C@](C)(Nc1ccccc1)c1nnnn1-c1c(C)cccc1C. The second-order valence-electron chi connectivity index (χ2n) is 6.33. The van der Waals surface area contributed by atoms with Gasteiger partial charge in [-0.3, -0.25) is 0 Å². The lowest BCUT2D eigenvalue weighted by molar-refractivity contribution is 0.474. The van der Waals surface area contributed by atoms with E-state index in [-0.39, 0.29) is 5.54 Å². The van der Waals surface area contributed by atoms with E-state index in [1.54, 1.807) is 0 Å². The standard InChI is InChI=1S/C19H23N5/c1-5-19(4,20-16-12-7-6-8-13-16)18-21-22-23-24(18)17-14(2)10-9-11-15(17)3/h6-13,20H,5H2,1-4H3/t19-/m0/s1. The van der Waals surface area contributed by atoms with Gasteiger partial charge in [0.25, 0.3) is 0 Å². The summed E-state index contributed by atoms with van der Waals surface area (Å²) in [6.07, 6.45) is 0.854. The highest BCUT2D eigenvalue weighted by Crippen LogP contribution is 2.30. The highest BCUT2D eigenvalue weighted by atomic mass is 15.6. The lowest BCUT2D eigenvalue weighted by atomic mass is 9.96. The van der Waals surface area contributed by atoms with E-state index in [1.165, 1.54) is 0 Å². The molecule has 1 atom stereocenters. The molecule has 5 nitrogen and oxygen atoms in total. The number of anilines is 1. The summed E-state index contributed by atoms with van der Waals surface area (Å²) in [6, 6.07) is 16.4. The van der Waals surface area contributed by atoms with Crippen LogP contribution in [0.2, 0.25) is 0 Å². The maximum absolute atomic E-state index is 4.35. The molecule has 24 heavy (non-hydrogen) atoms. The second kappa shape index (κ2) is 6.43. The molecule has 0 amide bonds. The number of nitrogens with zero attached hydrogens (tertiary/aromatic N) is 4. The molecule has 1 aromatic heterocycles. The van der Waals surface area contributed by atoms with E-state index < -0.39 is 0 Å². The van der Waals surface area contributed by atoms with Gasteiger partial charge in [0.15, 0.2) is 5.82 Å². The van der Waals surface area contributed by atoms with Crippen molar-refractivity contribution in [3.63, 3.8) is 0 Å². The molecule has 0 spiro atoms. The van der Waals surface area contributed by atoms with Gasteiger partial charge < -0.3 is 5.32 Å². The fraction of sp³-hybridized carbons (Fsp3) is 0.316. The lowest BCUT2D eigenvalue weighted by Crippen LogP contribution is -2.34. The van der Waals surface area contributed by atoms with Crippen LogP contribution in [0.25, 0.3) is 5.69 Å². The Morgan fingerprint density at radius 2 is 1.67 bits per heavy atom. The number of benzene rings is 2. The average Bonchev–Trinajstić information content (AvgIpc) is 3.05. The summed E-state index contributed by atoms with van der Waals surface area (Å²) in [5.41, 5.74) is 4.04. The van der Waals surface area contributed by atoms with Crippen LogP contribution in [0.1, 0.15) is 37.2 Å². The topological polar surface area (TPSA) is 55.6 Å². The maximum atomic E-state index is 4.35. The Labute approximate surface area is 142 Å². The summed E-state index contributed by atoms with van der Waals surface area (Å²) in [4.78, 5) is 0. The summed E-state index contributed by atoms with van der Waals surface area (Å²) < 4.78 is 1.87. The van der Waals surface area contributed by atoms with Crippen LogP contribution >= 0.6 is 0 Å². The highest BCUT2D eigenvalue weighted by molar-refractivity contribution is 5.49. The van der Waals surface area contributed by atoms with Gasteiger partial charge in [0, 0.05) is 5.69 Å². The molecule has 0 saturated heterocycles. The number of para-hydroxylation sites is 2. The predicted octanol–water partition coefficient (Wildman–Crippen LogP) is 4.02. The van der Waals surface area contributed by atoms with Gasteiger partial charge in [0.2, 0.25) is 0 Å². The Morgan fingerprint density at radius 1 is 1.00 bits per heavy atom. The van der Waals surface area contributed by atoms with Gasteiger partial charge in [-0.15, -0.1) is 5.10 Å². The van der Waals surface area contributed by atoms with Gasteiger partial charge in [0.1, 0.15) is 0 Å². The largest absolute Gasteiger partial charge is 0.373 e. The smallest absolute Gasteiger partial charge is 0.181 e. The highest BCUT2D eigenvalue weighted by Gasteiger charge is 2.32.